The molecule has 0 aliphatic carbocycles. The van der Waals surface area contributed by atoms with Gasteiger partial charge in [0, 0.05) is 17.3 Å². The Kier molecular flexibility index (Phi) is 6.02. The first-order valence-corrected chi connectivity index (χ1v) is 10.4. The maximum absolute atomic E-state index is 14.4. The van der Waals surface area contributed by atoms with E-state index in [0.29, 0.717) is 36.6 Å². The van der Waals surface area contributed by atoms with Crippen LogP contribution in [-0.2, 0) is 9.53 Å². The summed E-state index contributed by atoms with van der Waals surface area (Å²) < 4.78 is 19.3. The standard InChI is InChI=1S/C21H18Cl2FN3O4/c22-12-3-5-15(23)14(10-12)20(29)27-7-1-2-18(27)19(28)25-17-11-13(4-6-16(17)24)26-8-9-31-21(26)30/h3-6,10-11,18H,1-2,7-9H2,(H,25,28)/t18-/m0/s1. The summed E-state index contributed by atoms with van der Waals surface area (Å²) in [6.45, 7) is 0.939. The molecule has 1 atom stereocenters. The highest BCUT2D eigenvalue weighted by atomic mass is 35.5. The third-order valence-electron chi connectivity index (χ3n) is 5.26. The molecule has 2 aromatic carbocycles. The summed E-state index contributed by atoms with van der Waals surface area (Å²) in [5.41, 5.74) is 0.529. The van der Waals surface area contributed by atoms with Crippen LogP contribution in [0.5, 0.6) is 0 Å². The zero-order valence-corrected chi connectivity index (χ0v) is 17.8. The molecule has 162 valence electrons. The minimum Gasteiger partial charge on any atom is -0.447 e. The molecular weight excluding hydrogens is 448 g/mol. The van der Waals surface area contributed by atoms with E-state index in [2.05, 4.69) is 5.32 Å². The van der Waals surface area contributed by atoms with E-state index in [-0.39, 0.29) is 22.9 Å². The highest BCUT2D eigenvalue weighted by molar-refractivity contribution is 6.35. The zero-order chi connectivity index (χ0) is 22.1. The topological polar surface area (TPSA) is 79.0 Å². The van der Waals surface area contributed by atoms with Gasteiger partial charge in [0.1, 0.15) is 18.5 Å². The average molecular weight is 466 g/mol. The molecule has 0 radical (unpaired) electrons. The molecular formula is C21H18Cl2FN3O4. The predicted molar refractivity (Wildman–Crippen MR) is 114 cm³/mol. The Morgan fingerprint density at radius 1 is 1.13 bits per heavy atom. The molecule has 1 N–H and O–H groups in total. The lowest BCUT2D eigenvalue weighted by molar-refractivity contribution is -0.119. The van der Waals surface area contributed by atoms with E-state index >= 15 is 0 Å². The smallest absolute Gasteiger partial charge is 0.414 e. The number of halogens is 3. The fourth-order valence-corrected chi connectivity index (χ4v) is 4.09. The van der Waals surface area contributed by atoms with Gasteiger partial charge in [0.2, 0.25) is 5.91 Å². The molecule has 31 heavy (non-hydrogen) atoms. The Bertz CT molecular complexity index is 1060. The van der Waals surface area contributed by atoms with Crippen molar-refractivity contribution in [2.24, 2.45) is 0 Å². The summed E-state index contributed by atoms with van der Waals surface area (Å²) >= 11 is 12.1. The molecule has 0 bridgehead atoms. The molecule has 2 saturated heterocycles. The van der Waals surface area contributed by atoms with Crippen LogP contribution in [0.15, 0.2) is 36.4 Å². The van der Waals surface area contributed by atoms with Gasteiger partial charge in [-0.25, -0.2) is 9.18 Å². The van der Waals surface area contributed by atoms with Crippen LogP contribution in [0.1, 0.15) is 23.2 Å². The first-order chi connectivity index (χ1) is 14.8. The van der Waals surface area contributed by atoms with E-state index in [0.717, 1.165) is 0 Å². The highest BCUT2D eigenvalue weighted by Gasteiger charge is 2.36. The fourth-order valence-electron chi connectivity index (χ4n) is 3.72. The third-order valence-corrected chi connectivity index (χ3v) is 5.82. The number of likely N-dealkylation sites (tertiary alicyclic amines) is 1. The van der Waals surface area contributed by atoms with Crippen LogP contribution < -0.4 is 10.2 Å². The molecule has 2 aliphatic heterocycles. The van der Waals surface area contributed by atoms with Crippen molar-refractivity contribution in [3.8, 4) is 0 Å². The molecule has 0 saturated carbocycles. The molecule has 4 rings (SSSR count). The summed E-state index contributed by atoms with van der Waals surface area (Å²) in [6.07, 6.45) is 0.509. The van der Waals surface area contributed by atoms with E-state index in [1.54, 1.807) is 6.07 Å². The Hall–Kier alpha value is -2.84. The summed E-state index contributed by atoms with van der Waals surface area (Å²) in [5.74, 6) is -1.60. The fraction of sp³-hybridized carbons (Fsp3) is 0.286. The second-order valence-electron chi connectivity index (χ2n) is 7.20. The lowest BCUT2D eigenvalue weighted by atomic mass is 10.1. The van der Waals surface area contributed by atoms with E-state index in [9.17, 15) is 18.8 Å². The van der Waals surface area contributed by atoms with Crippen LogP contribution >= 0.6 is 23.2 Å². The van der Waals surface area contributed by atoms with E-state index < -0.39 is 29.8 Å². The summed E-state index contributed by atoms with van der Waals surface area (Å²) in [5, 5.41) is 3.13. The number of cyclic esters (lactones) is 1. The lowest BCUT2D eigenvalue weighted by Crippen LogP contribution is -2.43. The number of hydrogen-bond acceptors (Lipinski definition) is 4. The van der Waals surface area contributed by atoms with Crippen LogP contribution in [0, 0.1) is 5.82 Å². The van der Waals surface area contributed by atoms with E-state index in [1.807, 2.05) is 0 Å². The van der Waals surface area contributed by atoms with Crippen molar-refractivity contribution in [2.45, 2.75) is 18.9 Å². The predicted octanol–water partition coefficient (Wildman–Crippen LogP) is 4.33. The number of carbonyl (C=O) groups excluding carboxylic acids is 3. The monoisotopic (exact) mass is 465 g/mol. The Morgan fingerprint density at radius 2 is 1.94 bits per heavy atom. The second kappa shape index (κ2) is 8.72. The maximum atomic E-state index is 14.4. The Balaban J connectivity index is 1.53. The normalized spacial score (nSPS) is 18.3. The molecule has 2 fully saturated rings. The number of carbonyl (C=O) groups is 3. The van der Waals surface area contributed by atoms with Gasteiger partial charge in [-0.3, -0.25) is 14.5 Å². The number of nitrogens with one attached hydrogen (secondary N) is 1. The molecule has 2 heterocycles. The Morgan fingerprint density at radius 3 is 2.68 bits per heavy atom. The van der Waals surface area contributed by atoms with Crippen molar-refractivity contribution in [3.05, 3.63) is 57.8 Å². The van der Waals surface area contributed by atoms with Gasteiger partial charge in [0.25, 0.3) is 5.91 Å². The first kappa shape index (κ1) is 21.4. The van der Waals surface area contributed by atoms with Gasteiger partial charge in [0.15, 0.2) is 0 Å². The summed E-state index contributed by atoms with van der Waals surface area (Å²) in [7, 11) is 0. The molecule has 0 aromatic heterocycles. The van der Waals surface area contributed by atoms with Crippen LogP contribution in [-0.4, -0.2) is 48.5 Å². The van der Waals surface area contributed by atoms with Crippen molar-refractivity contribution < 1.29 is 23.5 Å². The van der Waals surface area contributed by atoms with Gasteiger partial charge < -0.3 is 15.0 Å². The third kappa shape index (κ3) is 4.31. The largest absolute Gasteiger partial charge is 0.447 e. The number of ether oxygens (including phenoxy) is 1. The van der Waals surface area contributed by atoms with Crippen LogP contribution in [0.25, 0.3) is 0 Å². The minimum absolute atomic E-state index is 0.0812. The van der Waals surface area contributed by atoms with Crippen molar-refractivity contribution in [1.29, 1.82) is 0 Å². The molecule has 0 unspecified atom stereocenters. The summed E-state index contributed by atoms with van der Waals surface area (Å²) in [6, 6.07) is 7.73. The van der Waals surface area contributed by atoms with Crippen molar-refractivity contribution >= 4 is 52.5 Å². The quantitative estimate of drug-likeness (QED) is 0.728. The van der Waals surface area contributed by atoms with Gasteiger partial charge >= 0.3 is 6.09 Å². The van der Waals surface area contributed by atoms with Crippen molar-refractivity contribution in [1.82, 2.24) is 4.90 Å². The SMILES string of the molecule is O=C(Nc1cc(N2CCOC2=O)ccc1F)[C@@H]1CCCN1C(=O)c1cc(Cl)ccc1Cl. The van der Waals surface area contributed by atoms with Crippen LogP contribution in [0.2, 0.25) is 10.0 Å². The highest BCUT2D eigenvalue weighted by Crippen LogP contribution is 2.29. The minimum atomic E-state index is -0.789. The van der Waals surface area contributed by atoms with Gasteiger partial charge in [-0.1, -0.05) is 23.2 Å². The van der Waals surface area contributed by atoms with Gasteiger partial charge in [-0.05, 0) is 49.2 Å². The van der Waals surface area contributed by atoms with Gasteiger partial charge in [-0.2, -0.15) is 0 Å². The number of rotatable bonds is 4. The summed E-state index contributed by atoms with van der Waals surface area (Å²) in [4.78, 5) is 40.4. The molecule has 7 nitrogen and oxygen atoms in total. The average Bonchev–Trinajstić information content (AvgIpc) is 3.40. The molecule has 0 spiro atoms. The molecule has 3 amide bonds. The van der Waals surface area contributed by atoms with E-state index in [4.69, 9.17) is 27.9 Å². The van der Waals surface area contributed by atoms with Gasteiger partial charge in [-0.15, -0.1) is 0 Å². The lowest BCUT2D eigenvalue weighted by Gasteiger charge is -2.25. The second-order valence-corrected chi connectivity index (χ2v) is 8.04. The maximum Gasteiger partial charge on any atom is 0.414 e. The number of amides is 3. The van der Waals surface area contributed by atoms with E-state index in [1.165, 1.54) is 40.1 Å². The van der Waals surface area contributed by atoms with Crippen molar-refractivity contribution in [2.75, 3.05) is 29.9 Å². The number of anilines is 2. The molecule has 2 aliphatic rings. The number of benzene rings is 2. The Labute approximate surface area is 187 Å². The number of nitrogens with zero attached hydrogens (tertiary/aromatic N) is 2. The zero-order valence-electron chi connectivity index (χ0n) is 16.2. The van der Waals surface area contributed by atoms with Gasteiger partial charge in [0.05, 0.1) is 22.8 Å². The van der Waals surface area contributed by atoms with Crippen LogP contribution in [0.4, 0.5) is 20.6 Å². The molecule has 2 aromatic rings. The first-order valence-electron chi connectivity index (χ1n) is 9.66. The number of hydrogen-bond donors (Lipinski definition) is 1. The van der Waals surface area contributed by atoms with Crippen molar-refractivity contribution in [3.63, 3.8) is 0 Å². The van der Waals surface area contributed by atoms with Crippen LogP contribution in [0.3, 0.4) is 0 Å². The molecule has 10 heteroatoms.